The SMILES string of the molecule is C=CCC.CC.CNC(C)(C)C. The highest BCUT2D eigenvalue weighted by molar-refractivity contribution is 4.65. The Morgan fingerprint density at radius 3 is 1.42 bits per heavy atom. The summed E-state index contributed by atoms with van der Waals surface area (Å²) in [5, 5.41) is 3.10. The smallest absolute Gasteiger partial charge is 0.00935 e. The van der Waals surface area contributed by atoms with Gasteiger partial charge in [-0.1, -0.05) is 26.8 Å². The van der Waals surface area contributed by atoms with E-state index < -0.39 is 0 Å². The lowest BCUT2D eigenvalue weighted by molar-refractivity contribution is 0.469. The van der Waals surface area contributed by atoms with Crippen molar-refractivity contribution in [1.29, 1.82) is 0 Å². The van der Waals surface area contributed by atoms with E-state index >= 15 is 0 Å². The zero-order valence-corrected chi connectivity index (χ0v) is 9.99. The summed E-state index contributed by atoms with van der Waals surface area (Å²) >= 11 is 0. The van der Waals surface area contributed by atoms with Crippen molar-refractivity contribution in [1.82, 2.24) is 5.32 Å². The minimum Gasteiger partial charge on any atom is -0.315 e. The largest absolute Gasteiger partial charge is 0.315 e. The Balaban J connectivity index is -0.000000118. The van der Waals surface area contributed by atoms with E-state index in [1.807, 2.05) is 27.0 Å². The normalized spacial score (nSPS) is 8.58. The molecule has 0 aromatic carbocycles. The summed E-state index contributed by atoms with van der Waals surface area (Å²) in [6.45, 7) is 15.9. The lowest BCUT2D eigenvalue weighted by atomic mass is 10.1. The number of allylic oxidation sites excluding steroid dienone is 1. The molecule has 1 N–H and O–H groups in total. The van der Waals surface area contributed by atoms with Crippen LogP contribution in [-0.4, -0.2) is 12.6 Å². The number of hydrogen-bond acceptors (Lipinski definition) is 1. The Hall–Kier alpha value is -0.300. The molecule has 0 heterocycles. The molecule has 0 aromatic heterocycles. The summed E-state index contributed by atoms with van der Waals surface area (Å²) in [5.74, 6) is 0. The molecule has 0 aromatic rings. The minimum absolute atomic E-state index is 0.292. The molecule has 0 aliphatic carbocycles. The van der Waals surface area contributed by atoms with Crippen LogP contribution >= 0.6 is 0 Å². The van der Waals surface area contributed by atoms with E-state index in [1.54, 1.807) is 0 Å². The van der Waals surface area contributed by atoms with Gasteiger partial charge in [0.15, 0.2) is 0 Å². The molecule has 0 aliphatic heterocycles. The summed E-state index contributed by atoms with van der Waals surface area (Å²) < 4.78 is 0. The summed E-state index contributed by atoms with van der Waals surface area (Å²) in [5.41, 5.74) is 0.292. The number of rotatable bonds is 1. The molecular formula is C11H27N. The molecule has 0 radical (unpaired) electrons. The molecule has 0 aliphatic rings. The highest BCUT2D eigenvalue weighted by atomic mass is 14.9. The van der Waals surface area contributed by atoms with Crippen LogP contribution in [0.4, 0.5) is 0 Å². The molecule has 0 fully saturated rings. The highest BCUT2D eigenvalue weighted by Crippen LogP contribution is 1.93. The predicted molar refractivity (Wildman–Crippen MR) is 60.6 cm³/mol. The van der Waals surface area contributed by atoms with Gasteiger partial charge in [-0.2, -0.15) is 0 Å². The number of hydrogen-bond donors (Lipinski definition) is 1. The van der Waals surface area contributed by atoms with E-state index in [0.29, 0.717) is 5.54 Å². The maximum absolute atomic E-state index is 3.48. The second-order valence-corrected chi connectivity index (χ2v) is 3.20. The third-order valence-electron chi connectivity index (χ3n) is 1.04. The van der Waals surface area contributed by atoms with Crippen molar-refractivity contribution in [3.05, 3.63) is 12.7 Å². The maximum Gasteiger partial charge on any atom is 0.00935 e. The van der Waals surface area contributed by atoms with Gasteiger partial charge in [-0.15, -0.1) is 6.58 Å². The molecule has 0 saturated heterocycles. The van der Waals surface area contributed by atoms with Crippen LogP contribution in [0, 0.1) is 0 Å². The van der Waals surface area contributed by atoms with Gasteiger partial charge in [-0.3, -0.25) is 0 Å². The van der Waals surface area contributed by atoms with Crippen LogP contribution in [-0.2, 0) is 0 Å². The molecule has 1 nitrogen and oxygen atoms in total. The third kappa shape index (κ3) is 53.6. The summed E-state index contributed by atoms with van der Waals surface area (Å²) in [6, 6.07) is 0. The average molecular weight is 173 g/mol. The van der Waals surface area contributed by atoms with Crippen molar-refractivity contribution in [3.8, 4) is 0 Å². The van der Waals surface area contributed by atoms with E-state index in [2.05, 4.69) is 39.6 Å². The Bertz CT molecular complexity index is 69.6. The third-order valence-corrected chi connectivity index (χ3v) is 1.04. The fourth-order valence-electron chi connectivity index (χ4n) is 0. The van der Waals surface area contributed by atoms with E-state index in [1.165, 1.54) is 0 Å². The van der Waals surface area contributed by atoms with Crippen molar-refractivity contribution in [2.24, 2.45) is 0 Å². The van der Waals surface area contributed by atoms with Crippen LogP contribution in [0.5, 0.6) is 0 Å². The molecule has 0 rings (SSSR count). The van der Waals surface area contributed by atoms with Crippen LogP contribution in [0.1, 0.15) is 48.0 Å². The van der Waals surface area contributed by atoms with Crippen LogP contribution in [0.3, 0.4) is 0 Å². The lowest BCUT2D eigenvalue weighted by Crippen LogP contribution is -2.31. The first-order chi connectivity index (χ1) is 5.47. The predicted octanol–water partition coefficient (Wildman–Crippen LogP) is 3.61. The average Bonchev–Trinajstić information content (AvgIpc) is 2.07. The first kappa shape index (κ1) is 17.7. The fourth-order valence-corrected chi connectivity index (χ4v) is 0. The monoisotopic (exact) mass is 173 g/mol. The Kier molecular flexibility index (Phi) is 19.6. The van der Waals surface area contributed by atoms with Gasteiger partial charge >= 0.3 is 0 Å². The molecule has 1 heteroatoms. The van der Waals surface area contributed by atoms with Gasteiger partial charge in [0, 0.05) is 5.54 Å². The van der Waals surface area contributed by atoms with Crippen LogP contribution < -0.4 is 5.32 Å². The van der Waals surface area contributed by atoms with E-state index in [-0.39, 0.29) is 0 Å². The molecular weight excluding hydrogens is 146 g/mol. The maximum atomic E-state index is 3.48. The van der Waals surface area contributed by atoms with Crippen molar-refractivity contribution >= 4 is 0 Å². The van der Waals surface area contributed by atoms with Gasteiger partial charge < -0.3 is 5.32 Å². The Morgan fingerprint density at radius 1 is 1.25 bits per heavy atom. The quantitative estimate of drug-likeness (QED) is 0.597. The van der Waals surface area contributed by atoms with Crippen molar-refractivity contribution in [2.45, 2.75) is 53.5 Å². The van der Waals surface area contributed by atoms with Crippen LogP contribution in [0.15, 0.2) is 12.7 Å². The van der Waals surface area contributed by atoms with Crippen molar-refractivity contribution < 1.29 is 0 Å². The van der Waals surface area contributed by atoms with Gasteiger partial charge in [-0.05, 0) is 34.2 Å². The van der Waals surface area contributed by atoms with E-state index in [0.717, 1.165) is 6.42 Å². The van der Waals surface area contributed by atoms with Gasteiger partial charge in [0.2, 0.25) is 0 Å². The van der Waals surface area contributed by atoms with E-state index in [9.17, 15) is 0 Å². The lowest BCUT2D eigenvalue weighted by Gasteiger charge is -2.15. The zero-order valence-electron chi connectivity index (χ0n) is 9.99. The van der Waals surface area contributed by atoms with Gasteiger partial charge in [-0.25, -0.2) is 0 Å². The number of nitrogens with one attached hydrogen (secondary N) is 1. The first-order valence-corrected chi connectivity index (χ1v) is 4.77. The molecule has 0 unspecified atom stereocenters. The summed E-state index contributed by atoms with van der Waals surface area (Å²) in [7, 11) is 1.96. The van der Waals surface area contributed by atoms with Crippen LogP contribution in [0.2, 0.25) is 0 Å². The molecule has 12 heavy (non-hydrogen) atoms. The molecule has 76 valence electrons. The fraction of sp³-hybridized carbons (Fsp3) is 0.818. The minimum atomic E-state index is 0.292. The molecule has 0 spiro atoms. The standard InChI is InChI=1S/C5H13N.C4H8.C2H6/c1-5(2,3)6-4;1-3-4-2;1-2/h6H,1-4H3;3H,1,4H2,2H3;1-2H3. The first-order valence-electron chi connectivity index (χ1n) is 4.77. The van der Waals surface area contributed by atoms with Gasteiger partial charge in [0.1, 0.15) is 0 Å². The van der Waals surface area contributed by atoms with E-state index in [4.69, 9.17) is 0 Å². The van der Waals surface area contributed by atoms with Gasteiger partial charge in [0.25, 0.3) is 0 Å². The Morgan fingerprint density at radius 2 is 1.42 bits per heavy atom. The van der Waals surface area contributed by atoms with Crippen LogP contribution in [0.25, 0.3) is 0 Å². The molecule has 0 saturated carbocycles. The summed E-state index contributed by atoms with van der Waals surface area (Å²) in [4.78, 5) is 0. The second-order valence-electron chi connectivity index (χ2n) is 3.20. The molecule has 0 bridgehead atoms. The molecule has 0 amide bonds. The summed E-state index contributed by atoms with van der Waals surface area (Å²) in [6.07, 6.45) is 2.96. The Labute approximate surface area is 79.3 Å². The van der Waals surface area contributed by atoms with Crippen molar-refractivity contribution in [2.75, 3.05) is 7.05 Å². The molecule has 0 atom stereocenters. The zero-order chi connectivity index (χ0) is 10.6. The highest BCUT2D eigenvalue weighted by Gasteiger charge is 2.01. The van der Waals surface area contributed by atoms with Gasteiger partial charge in [0.05, 0.1) is 0 Å². The van der Waals surface area contributed by atoms with Crippen molar-refractivity contribution in [3.63, 3.8) is 0 Å². The topological polar surface area (TPSA) is 12.0 Å². The second kappa shape index (κ2) is 13.3.